The van der Waals surface area contributed by atoms with Gasteiger partial charge in [0.25, 0.3) is 0 Å². The second kappa shape index (κ2) is 52.7. The first-order valence-corrected chi connectivity index (χ1v) is 25.1. The average Bonchev–Trinajstić information content (AvgIpc) is 3.24. The number of carbonyl (C=O) groups excluding carboxylic acids is 4. The van der Waals surface area contributed by atoms with E-state index in [1.54, 1.807) is 24.3 Å². The molecule has 0 unspecified atom stereocenters. The summed E-state index contributed by atoms with van der Waals surface area (Å²) in [6.45, 7) is 9.32. The minimum atomic E-state index is -0.903. The molecule has 61 heavy (non-hydrogen) atoms. The summed E-state index contributed by atoms with van der Waals surface area (Å²) in [5.74, 6) is -2.75. The standard InChI is InChI=1S/2C18H36O2.C16H22O4.Ca/c2*1-2-3-4-5-6-7-8-9-10-11-12-13-14-15-16-17-18(19)20;1-3-5-11-19-15(17)13-9-7-8-10-14(13)16(18)20-12-6-4-2;/h2*2-17H2,1H3,(H,19,20);7-10H,3-6,11-12H2,1-2H3;/q;;;+2/p-2. The van der Waals surface area contributed by atoms with Crippen molar-refractivity contribution in [2.24, 2.45) is 0 Å². The van der Waals surface area contributed by atoms with Crippen LogP contribution in [0.2, 0.25) is 0 Å². The zero-order valence-corrected chi connectivity index (χ0v) is 42.4. The molecule has 0 spiro atoms. The van der Waals surface area contributed by atoms with Crippen LogP contribution in [-0.4, -0.2) is 74.8 Å². The molecule has 0 saturated carbocycles. The molecule has 1 rings (SSSR count). The van der Waals surface area contributed by atoms with Crippen LogP contribution in [0.4, 0.5) is 0 Å². The number of unbranched alkanes of at least 4 members (excludes halogenated alkanes) is 30. The number of carbonyl (C=O) groups is 4. The molecular weight excluding hydrogens is 793 g/mol. The Morgan fingerprint density at radius 2 is 0.574 bits per heavy atom. The Morgan fingerprint density at radius 1 is 0.361 bits per heavy atom. The SMILES string of the molecule is CCCCCCCCCCCCCCCCCC(=O)[O-].CCCCCCCCCCCCCCCCCC(=O)[O-].CCCCOC(=O)c1ccccc1C(=O)OCCCC.[Ca+2]. The summed E-state index contributed by atoms with van der Waals surface area (Å²) in [6, 6.07) is 6.59. The number of esters is 2. The first-order valence-electron chi connectivity index (χ1n) is 25.1. The zero-order chi connectivity index (χ0) is 44.6. The number of hydrogen-bond acceptors (Lipinski definition) is 8. The fraction of sp³-hybridized carbons (Fsp3) is 0.808. The van der Waals surface area contributed by atoms with Crippen molar-refractivity contribution in [3.8, 4) is 0 Å². The molecule has 9 heteroatoms. The van der Waals surface area contributed by atoms with Gasteiger partial charge in [0, 0.05) is 11.9 Å². The number of rotatable bonds is 40. The molecule has 0 N–H and O–H groups in total. The van der Waals surface area contributed by atoms with Crippen molar-refractivity contribution in [3.63, 3.8) is 0 Å². The molecule has 0 saturated heterocycles. The van der Waals surface area contributed by atoms with Gasteiger partial charge in [0.15, 0.2) is 0 Å². The van der Waals surface area contributed by atoms with Crippen molar-refractivity contribution >= 4 is 61.6 Å². The molecule has 0 aliphatic carbocycles. The molecule has 0 aromatic heterocycles. The molecule has 1 aromatic rings. The molecule has 0 aliphatic rings. The fourth-order valence-corrected chi connectivity index (χ4v) is 6.89. The quantitative estimate of drug-likeness (QED) is 0.0361. The molecule has 0 atom stereocenters. The first kappa shape index (κ1) is 63.6. The van der Waals surface area contributed by atoms with Gasteiger partial charge in [-0.2, -0.15) is 0 Å². The Balaban J connectivity index is -0.000000820. The molecule has 0 aliphatic heterocycles. The maximum absolute atomic E-state index is 11.9. The van der Waals surface area contributed by atoms with Crippen molar-refractivity contribution in [3.05, 3.63) is 35.4 Å². The van der Waals surface area contributed by atoms with Crippen LogP contribution < -0.4 is 10.2 Å². The molecule has 0 amide bonds. The number of hydrogen-bond donors (Lipinski definition) is 0. The van der Waals surface area contributed by atoms with Gasteiger partial charge in [-0.3, -0.25) is 0 Å². The second-order valence-electron chi connectivity index (χ2n) is 16.7. The summed E-state index contributed by atoms with van der Waals surface area (Å²) >= 11 is 0. The summed E-state index contributed by atoms with van der Waals surface area (Å²) in [7, 11) is 0. The van der Waals surface area contributed by atoms with E-state index in [1.807, 2.05) is 13.8 Å². The van der Waals surface area contributed by atoms with Crippen molar-refractivity contribution < 1.29 is 38.9 Å². The smallest absolute Gasteiger partial charge is 0.550 e. The van der Waals surface area contributed by atoms with Gasteiger partial charge in [0.1, 0.15) is 0 Å². The van der Waals surface area contributed by atoms with Crippen molar-refractivity contribution in [1.29, 1.82) is 0 Å². The van der Waals surface area contributed by atoms with E-state index in [0.717, 1.165) is 51.4 Å². The third-order valence-electron chi connectivity index (χ3n) is 10.8. The minimum Gasteiger partial charge on any atom is -0.550 e. The van der Waals surface area contributed by atoms with Crippen molar-refractivity contribution in [1.82, 2.24) is 0 Å². The van der Waals surface area contributed by atoms with Crippen molar-refractivity contribution in [2.45, 2.75) is 259 Å². The largest absolute Gasteiger partial charge is 2.00 e. The summed E-state index contributed by atoms with van der Waals surface area (Å²) in [6.07, 6.45) is 43.3. The van der Waals surface area contributed by atoms with Crippen LogP contribution in [0.15, 0.2) is 24.3 Å². The van der Waals surface area contributed by atoms with Crippen LogP contribution in [0.25, 0.3) is 0 Å². The number of carboxylic acids is 2. The van der Waals surface area contributed by atoms with Gasteiger partial charge >= 0.3 is 49.7 Å². The van der Waals surface area contributed by atoms with Gasteiger partial charge in [0.2, 0.25) is 0 Å². The Labute approximate surface area is 405 Å². The normalized spacial score (nSPS) is 10.4. The van der Waals surface area contributed by atoms with Crippen LogP contribution in [0.3, 0.4) is 0 Å². The van der Waals surface area contributed by atoms with Gasteiger partial charge in [-0.15, -0.1) is 0 Å². The maximum Gasteiger partial charge on any atom is 2.00 e. The maximum atomic E-state index is 11.9. The summed E-state index contributed by atoms with van der Waals surface area (Å²) in [5, 5.41) is 20.4. The molecule has 0 bridgehead atoms. The predicted molar refractivity (Wildman–Crippen MR) is 252 cm³/mol. The minimum absolute atomic E-state index is 0. The van der Waals surface area contributed by atoms with Crippen LogP contribution >= 0.6 is 0 Å². The average molecular weight is 885 g/mol. The Kier molecular flexibility index (Phi) is 55.0. The third-order valence-corrected chi connectivity index (χ3v) is 10.8. The molecular formula is C52H92CaO8. The Morgan fingerprint density at radius 3 is 0.787 bits per heavy atom. The van der Waals surface area contributed by atoms with E-state index >= 15 is 0 Å². The van der Waals surface area contributed by atoms with E-state index in [9.17, 15) is 29.4 Å². The van der Waals surface area contributed by atoms with Crippen LogP contribution in [-0.2, 0) is 19.1 Å². The predicted octanol–water partition coefficient (Wildman–Crippen LogP) is 13.2. The number of carboxylic acid groups (broad SMARTS) is 2. The Hall–Kier alpha value is -1.64. The summed E-state index contributed by atoms with van der Waals surface area (Å²) in [5.41, 5.74) is 0.537. The summed E-state index contributed by atoms with van der Waals surface area (Å²) < 4.78 is 10.3. The molecule has 1 aromatic carbocycles. The molecule has 0 fully saturated rings. The van der Waals surface area contributed by atoms with Crippen LogP contribution in [0, 0.1) is 0 Å². The van der Waals surface area contributed by atoms with Crippen LogP contribution in [0.1, 0.15) is 280 Å². The van der Waals surface area contributed by atoms with E-state index in [1.165, 1.54) is 167 Å². The Bertz CT molecular complexity index is 1030. The number of ether oxygens (including phenoxy) is 2. The van der Waals surface area contributed by atoms with Gasteiger partial charge in [0.05, 0.1) is 24.3 Å². The van der Waals surface area contributed by atoms with Gasteiger partial charge in [-0.25, -0.2) is 9.59 Å². The van der Waals surface area contributed by atoms with Gasteiger partial charge < -0.3 is 29.3 Å². The van der Waals surface area contributed by atoms with Gasteiger partial charge in [-0.1, -0.05) is 232 Å². The van der Waals surface area contributed by atoms with E-state index in [0.29, 0.717) is 13.2 Å². The fourth-order valence-electron chi connectivity index (χ4n) is 6.89. The topological polar surface area (TPSA) is 133 Å². The molecule has 0 heterocycles. The van der Waals surface area contributed by atoms with Crippen molar-refractivity contribution in [2.75, 3.05) is 13.2 Å². The van der Waals surface area contributed by atoms with Gasteiger partial charge in [-0.05, 0) is 50.7 Å². The molecule has 350 valence electrons. The summed E-state index contributed by atoms with van der Waals surface area (Å²) in [4.78, 5) is 44.3. The number of benzene rings is 1. The third kappa shape index (κ3) is 49.2. The van der Waals surface area contributed by atoms with E-state index in [2.05, 4.69) is 13.8 Å². The molecule has 8 nitrogen and oxygen atoms in total. The molecule has 0 radical (unpaired) electrons. The van der Waals surface area contributed by atoms with Crippen LogP contribution in [0.5, 0.6) is 0 Å². The van der Waals surface area contributed by atoms with E-state index < -0.39 is 23.9 Å². The second-order valence-corrected chi connectivity index (χ2v) is 16.7. The zero-order valence-electron chi connectivity index (χ0n) is 40.2. The number of aliphatic carboxylic acids is 2. The first-order chi connectivity index (χ1) is 29.2. The van der Waals surface area contributed by atoms with E-state index in [4.69, 9.17) is 9.47 Å². The monoisotopic (exact) mass is 885 g/mol. The van der Waals surface area contributed by atoms with E-state index in [-0.39, 0.29) is 61.7 Å².